The maximum absolute atomic E-state index is 13.6. The minimum atomic E-state index is -1.35. The van der Waals surface area contributed by atoms with Crippen molar-refractivity contribution in [3.8, 4) is 0 Å². The van der Waals surface area contributed by atoms with Crippen molar-refractivity contribution in [3.63, 3.8) is 0 Å². The highest BCUT2D eigenvalue weighted by atomic mass is 16.3. The fourth-order valence-electron chi connectivity index (χ4n) is 7.25. The Labute approximate surface area is 348 Å². The van der Waals surface area contributed by atoms with Crippen molar-refractivity contribution in [1.29, 1.82) is 0 Å². The summed E-state index contributed by atoms with van der Waals surface area (Å²) in [4.78, 5) is 133. The lowest BCUT2D eigenvalue weighted by atomic mass is 10.1. The molecule has 336 valence electrons. The van der Waals surface area contributed by atoms with E-state index in [1.54, 1.807) is 14.0 Å². The molecule has 23 heteroatoms. The second-order valence-electron chi connectivity index (χ2n) is 15.4. The maximum atomic E-state index is 13.6. The monoisotopic (exact) mass is 851 g/mol. The van der Waals surface area contributed by atoms with Gasteiger partial charge in [0.25, 0.3) is 0 Å². The van der Waals surface area contributed by atoms with Gasteiger partial charge in [0.1, 0.15) is 54.4 Å². The largest absolute Gasteiger partial charge is 0.394 e. The molecule has 3 aliphatic rings. The van der Waals surface area contributed by atoms with Gasteiger partial charge in [0.05, 0.1) is 19.3 Å². The van der Waals surface area contributed by atoms with E-state index in [0.717, 1.165) is 0 Å². The molecule has 0 aromatic heterocycles. The summed E-state index contributed by atoms with van der Waals surface area (Å²) >= 11 is 0. The van der Waals surface area contributed by atoms with Gasteiger partial charge in [-0.25, -0.2) is 0 Å². The first-order chi connectivity index (χ1) is 28.3. The smallest absolute Gasteiger partial charge is 0.248 e. The number of aliphatic hydroxyl groups excluding tert-OH is 2. The van der Waals surface area contributed by atoms with Gasteiger partial charge in [-0.3, -0.25) is 47.9 Å². The zero-order valence-corrected chi connectivity index (χ0v) is 34.9. The van der Waals surface area contributed by atoms with Crippen LogP contribution in [0.4, 0.5) is 0 Å². The number of amides is 10. The molecule has 3 fully saturated rings. The van der Waals surface area contributed by atoms with Crippen LogP contribution < -0.4 is 43.0 Å². The number of aliphatic hydroxyl groups is 2. The lowest BCUT2D eigenvalue weighted by Crippen LogP contribution is -2.59. The van der Waals surface area contributed by atoms with Crippen molar-refractivity contribution < 1.29 is 58.2 Å². The van der Waals surface area contributed by atoms with Crippen molar-refractivity contribution in [2.45, 2.75) is 134 Å². The van der Waals surface area contributed by atoms with E-state index in [1.807, 2.05) is 0 Å². The van der Waals surface area contributed by atoms with Crippen LogP contribution in [-0.4, -0.2) is 184 Å². The molecule has 3 rings (SSSR count). The number of nitrogens with zero attached hydrogens (tertiary/aromatic N) is 3. The molecule has 0 saturated carbocycles. The summed E-state index contributed by atoms with van der Waals surface area (Å²) in [5.74, 6) is -6.64. The lowest BCUT2D eigenvalue weighted by molar-refractivity contribution is -0.144. The number of likely N-dealkylation sites (N-methyl/N-ethyl adjacent to an activating group) is 1. The molecule has 0 bridgehead atoms. The Kier molecular flexibility index (Phi) is 18.2. The van der Waals surface area contributed by atoms with Crippen molar-refractivity contribution in [3.05, 3.63) is 0 Å². The minimum absolute atomic E-state index is 0.194. The average Bonchev–Trinajstić information content (AvgIpc) is 4.02. The van der Waals surface area contributed by atoms with E-state index in [4.69, 9.17) is 5.73 Å². The Bertz CT molecular complexity index is 1650. The van der Waals surface area contributed by atoms with Crippen LogP contribution in [-0.2, 0) is 47.9 Å². The number of nitrogens with one attached hydrogen (secondary N) is 7. The molecular formula is C37H61N11O12. The van der Waals surface area contributed by atoms with Crippen molar-refractivity contribution in [2.24, 2.45) is 5.73 Å². The topological polar surface area (TPSA) is 331 Å². The standard InChI is InChI=1S/C37H61N11O12/c1-18(39-6)29(52)45-24(17-50)37(60)48-15-9-12-27(48)33(56)40-19(2)30(53)42-21(4)35(58)47-14-8-11-26(47)34(57)43-22(5)36(59)46-13-7-10-25(46)32(55)41-20(3)31(54)44-23(16-49)28(38)51/h18-27,39,49-50H,7-17H2,1-6H3,(H2,38,51)(H,40,56)(H,41,55)(H,42,53)(H,43,57)(H,44,54)(H,45,52). The number of primary amides is 1. The Balaban J connectivity index is 1.54. The second kappa shape index (κ2) is 22.3. The minimum Gasteiger partial charge on any atom is -0.394 e. The number of likely N-dealkylation sites (tertiary alicyclic amines) is 3. The maximum Gasteiger partial charge on any atom is 0.248 e. The van der Waals surface area contributed by atoms with E-state index in [1.165, 1.54) is 42.4 Å². The summed E-state index contributed by atoms with van der Waals surface area (Å²) in [6.45, 7) is 6.37. The van der Waals surface area contributed by atoms with Crippen LogP contribution in [0.5, 0.6) is 0 Å². The van der Waals surface area contributed by atoms with Gasteiger partial charge in [0.15, 0.2) is 0 Å². The molecule has 0 spiro atoms. The number of hydrogen-bond acceptors (Lipinski definition) is 13. The fraction of sp³-hybridized carbons (Fsp3) is 0.730. The first-order valence-electron chi connectivity index (χ1n) is 20.2. The van der Waals surface area contributed by atoms with Gasteiger partial charge in [-0.1, -0.05) is 0 Å². The number of carbonyl (C=O) groups excluding carboxylic acids is 10. The average molecular weight is 852 g/mol. The highest BCUT2D eigenvalue weighted by Crippen LogP contribution is 2.22. The molecule has 10 unspecified atom stereocenters. The van der Waals surface area contributed by atoms with Crippen LogP contribution in [0.3, 0.4) is 0 Å². The Morgan fingerprint density at radius 3 is 1.22 bits per heavy atom. The Morgan fingerprint density at radius 1 is 0.500 bits per heavy atom. The van der Waals surface area contributed by atoms with Crippen molar-refractivity contribution in [2.75, 3.05) is 39.9 Å². The Morgan fingerprint density at radius 2 is 0.833 bits per heavy atom. The molecule has 11 N–H and O–H groups in total. The fourth-order valence-corrected chi connectivity index (χ4v) is 7.25. The van der Waals surface area contributed by atoms with E-state index >= 15 is 0 Å². The van der Waals surface area contributed by atoms with Crippen LogP contribution >= 0.6 is 0 Å². The molecule has 23 nitrogen and oxygen atoms in total. The third-order valence-corrected chi connectivity index (χ3v) is 10.9. The first-order valence-corrected chi connectivity index (χ1v) is 20.2. The van der Waals surface area contributed by atoms with Gasteiger partial charge < -0.3 is 67.9 Å². The van der Waals surface area contributed by atoms with Crippen LogP contribution in [0.25, 0.3) is 0 Å². The van der Waals surface area contributed by atoms with E-state index in [-0.39, 0.29) is 38.9 Å². The SMILES string of the molecule is CNC(C)C(=O)NC(CO)C(=O)N1CCCC1C(=O)NC(C)C(=O)NC(C)C(=O)N1CCCC1C(=O)NC(C)C(=O)N1CCCC1C(=O)NC(C)C(=O)NC(CO)C(N)=O. The van der Waals surface area contributed by atoms with Gasteiger partial charge in [-0.05, 0) is 80.2 Å². The first kappa shape index (κ1) is 48.9. The predicted molar refractivity (Wildman–Crippen MR) is 210 cm³/mol. The van der Waals surface area contributed by atoms with Crippen LogP contribution in [0, 0.1) is 0 Å². The van der Waals surface area contributed by atoms with Crippen molar-refractivity contribution in [1.82, 2.24) is 51.9 Å². The molecule has 10 atom stereocenters. The summed E-state index contributed by atoms with van der Waals surface area (Å²) in [5.41, 5.74) is 5.13. The highest BCUT2D eigenvalue weighted by Gasteiger charge is 2.42. The molecule has 60 heavy (non-hydrogen) atoms. The molecular weight excluding hydrogens is 790 g/mol. The van der Waals surface area contributed by atoms with Gasteiger partial charge >= 0.3 is 0 Å². The molecule has 3 heterocycles. The quantitative estimate of drug-likeness (QED) is 0.0580. The zero-order chi connectivity index (χ0) is 45.0. The van der Waals surface area contributed by atoms with E-state index in [9.17, 15) is 58.2 Å². The van der Waals surface area contributed by atoms with Gasteiger partial charge in [-0.15, -0.1) is 0 Å². The molecule has 0 aromatic carbocycles. The third-order valence-electron chi connectivity index (χ3n) is 10.9. The lowest BCUT2D eigenvalue weighted by Gasteiger charge is -2.31. The van der Waals surface area contributed by atoms with E-state index in [0.29, 0.717) is 19.3 Å². The zero-order valence-electron chi connectivity index (χ0n) is 34.9. The van der Waals surface area contributed by atoms with Crippen LogP contribution in [0.15, 0.2) is 0 Å². The molecule has 0 aliphatic carbocycles. The predicted octanol–water partition coefficient (Wildman–Crippen LogP) is -5.97. The molecule has 3 saturated heterocycles. The van der Waals surface area contributed by atoms with Crippen LogP contribution in [0.1, 0.15) is 73.1 Å². The second-order valence-corrected chi connectivity index (χ2v) is 15.4. The summed E-state index contributed by atoms with van der Waals surface area (Å²) in [7, 11) is 1.56. The van der Waals surface area contributed by atoms with Crippen molar-refractivity contribution >= 4 is 59.1 Å². The molecule has 0 aromatic rings. The summed E-state index contributed by atoms with van der Waals surface area (Å²) in [6, 6.07) is -10.7. The number of carbonyl (C=O) groups is 10. The van der Waals surface area contributed by atoms with Gasteiger partial charge in [0, 0.05) is 19.6 Å². The summed E-state index contributed by atoms with van der Waals surface area (Å²) < 4.78 is 0. The Hall–Kier alpha value is -5.42. The highest BCUT2D eigenvalue weighted by molar-refractivity contribution is 5.98. The number of nitrogens with two attached hydrogens (primary N) is 1. The normalized spacial score (nSPS) is 22.3. The molecule has 3 aliphatic heterocycles. The number of rotatable bonds is 19. The van der Waals surface area contributed by atoms with E-state index < -0.39 is 133 Å². The molecule has 0 radical (unpaired) electrons. The van der Waals surface area contributed by atoms with Gasteiger partial charge in [-0.2, -0.15) is 0 Å². The van der Waals surface area contributed by atoms with Crippen LogP contribution in [0.2, 0.25) is 0 Å². The van der Waals surface area contributed by atoms with Gasteiger partial charge in [0.2, 0.25) is 59.1 Å². The van der Waals surface area contributed by atoms with E-state index in [2.05, 4.69) is 37.2 Å². The molecule has 10 amide bonds. The third kappa shape index (κ3) is 12.3. The number of hydrogen-bond donors (Lipinski definition) is 10. The summed E-state index contributed by atoms with van der Waals surface area (Å²) in [5, 5.41) is 36.8. The summed E-state index contributed by atoms with van der Waals surface area (Å²) in [6.07, 6.45) is 2.24.